The molecule has 0 amide bonds. The number of nitrogens with one attached hydrogen (secondary N) is 1. The van der Waals surface area contributed by atoms with Crippen molar-refractivity contribution < 1.29 is 24.8 Å². The molecule has 0 aliphatic carbocycles. The molecule has 2 heterocycles. The highest BCUT2D eigenvalue weighted by molar-refractivity contribution is 4.96. The van der Waals surface area contributed by atoms with Gasteiger partial charge in [-0.2, -0.15) is 0 Å². The van der Waals surface area contributed by atoms with Gasteiger partial charge in [0, 0.05) is 13.3 Å². The molecule has 1 aliphatic heterocycles. The number of hydrogen-bond donors (Lipinski definition) is 4. The fourth-order valence-electron chi connectivity index (χ4n) is 2.02. The Morgan fingerprint density at radius 3 is 2.74 bits per heavy atom. The van der Waals surface area contributed by atoms with E-state index in [2.05, 4.69) is 9.98 Å². The molecule has 0 spiro atoms. The molecule has 1 saturated heterocycles. The predicted molar refractivity (Wildman–Crippen MR) is 64.9 cm³/mol. The first-order chi connectivity index (χ1) is 9.17. The molecule has 1 fully saturated rings. The van der Waals surface area contributed by atoms with Gasteiger partial charge in [0.25, 0.3) is 0 Å². The third-order valence-corrected chi connectivity index (χ3v) is 3.06. The van der Waals surface area contributed by atoms with Crippen molar-refractivity contribution in [3.05, 3.63) is 29.9 Å². The molecule has 4 N–H and O–H groups in total. The maximum atomic E-state index is 10.1. The van der Waals surface area contributed by atoms with Gasteiger partial charge in [-0.25, -0.2) is 0 Å². The van der Waals surface area contributed by atoms with Crippen LogP contribution in [0.25, 0.3) is 0 Å². The van der Waals surface area contributed by atoms with Gasteiger partial charge in [-0.1, -0.05) is 6.07 Å². The van der Waals surface area contributed by atoms with E-state index < -0.39 is 37.3 Å². The van der Waals surface area contributed by atoms with Crippen LogP contribution in [0.1, 0.15) is 0 Å². The van der Waals surface area contributed by atoms with Crippen LogP contribution in [0.3, 0.4) is 0 Å². The lowest BCUT2D eigenvalue weighted by Gasteiger charge is -2.39. The fourth-order valence-corrected chi connectivity index (χ4v) is 2.02. The van der Waals surface area contributed by atoms with Crippen LogP contribution in [0.2, 0.25) is 0 Å². The van der Waals surface area contributed by atoms with Gasteiger partial charge >= 0.3 is 0 Å². The van der Waals surface area contributed by atoms with Crippen LogP contribution >= 0.6 is 0 Å². The highest BCUT2D eigenvalue weighted by Crippen LogP contribution is 2.23. The minimum Gasteiger partial charge on any atom is -0.394 e. The van der Waals surface area contributed by atoms with Crippen LogP contribution in [-0.4, -0.2) is 64.7 Å². The molecule has 0 aromatic carbocycles. The number of hydrogen-bond acceptors (Lipinski definition) is 6. The third-order valence-electron chi connectivity index (χ3n) is 3.06. The minimum atomic E-state index is -1.21. The standard InChI is InChI=1S/C12H18N2O5/c1-18-12-9(14-8-4-2-3-5-13-8)11(17)10(16)7(6-15)19-12/h2-5,7,9-12,15-17H,6H2,1H3,(H,13,14)/t7-,9-,10-,11-,12+/m1/s1. The van der Waals surface area contributed by atoms with E-state index in [1.54, 1.807) is 24.4 Å². The lowest BCUT2D eigenvalue weighted by molar-refractivity contribution is -0.257. The van der Waals surface area contributed by atoms with Crippen molar-refractivity contribution in [3.63, 3.8) is 0 Å². The molecule has 0 unspecified atom stereocenters. The van der Waals surface area contributed by atoms with Crippen molar-refractivity contribution in [1.82, 2.24) is 4.98 Å². The van der Waals surface area contributed by atoms with E-state index in [0.717, 1.165) is 0 Å². The van der Waals surface area contributed by atoms with Gasteiger partial charge in [0.15, 0.2) is 6.29 Å². The molecule has 5 atom stereocenters. The van der Waals surface area contributed by atoms with Crippen LogP contribution in [0.5, 0.6) is 0 Å². The summed E-state index contributed by atoms with van der Waals surface area (Å²) in [5.41, 5.74) is 0.534. The summed E-state index contributed by atoms with van der Waals surface area (Å²) in [6, 6.07) is 4.54. The quantitative estimate of drug-likeness (QED) is 0.527. The number of H-pyrrole nitrogens is 1. The predicted octanol–water partition coefficient (Wildman–Crippen LogP) is -1.63. The summed E-state index contributed by atoms with van der Waals surface area (Å²) < 4.78 is 10.5. The molecule has 0 radical (unpaired) electrons. The monoisotopic (exact) mass is 270 g/mol. The van der Waals surface area contributed by atoms with E-state index >= 15 is 0 Å². The largest absolute Gasteiger partial charge is 0.394 e. The zero-order chi connectivity index (χ0) is 13.8. The maximum absolute atomic E-state index is 10.1. The third kappa shape index (κ3) is 3.02. The SMILES string of the molecule is CO[C@H]1O[C@H](CO)[C@@H](O)[C@H](O)[C@H]1N=c1cccc[nH]1. The summed E-state index contributed by atoms with van der Waals surface area (Å²) in [6.07, 6.45) is -2.41. The number of nitrogens with zero attached hydrogens (tertiary/aromatic N) is 1. The zero-order valence-electron chi connectivity index (χ0n) is 10.5. The van der Waals surface area contributed by atoms with E-state index in [4.69, 9.17) is 14.6 Å². The van der Waals surface area contributed by atoms with Crippen molar-refractivity contribution >= 4 is 0 Å². The van der Waals surface area contributed by atoms with E-state index in [1.807, 2.05) is 0 Å². The van der Waals surface area contributed by atoms with Gasteiger partial charge in [-0.3, -0.25) is 4.99 Å². The normalized spacial score (nSPS) is 36.4. The molecule has 2 rings (SSSR count). The molecule has 0 saturated carbocycles. The maximum Gasteiger partial charge on any atom is 0.182 e. The van der Waals surface area contributed by atoms with Gasteiger partial charge in [-0.05, 0) is 12.1 Å². The first kappa shape index (κ1) is 14.2. The van der Waals surface area contributed by atoms with Crippen molar-refractivity contribution in [1.29, 1.82) is 0 Å². The van der Waals surface area contributed by atoms with Crippen LogP contribution in [0, 0.1) is 0 Å². The summed E-state index contributed by atoms with van der Waals surface area (Å²) in [5.74, 6) is 0. The van der Waals surface area contributed by atoms with E-state index in [-0.39, 0.29) is 0 Å². The van der Waals surface area contributed by atoms with Gasteiger partial charge < -0.3 is 29.8 Å². The van der Waals surface area contributed by atoms with Crippen molar-refractivity contribution in [2.24, 2.45) is 4.99 Å². The molecule has 1 aromatic rings. The average molecular weight is 270 g/mol. The number of rotatable bonds is 3. The van der Waals surface area contributed by atoms with E-state index in [0.29, 0.717) is 5.49 Å². The summed E-state index contributed by atoms with van der Waals surface area (Å²) >= 11 is 0. The molecule has 1 aliphatic rings. The van der Waals surface area contributed by atoms with Crippen LogP contribution in [0.4, 0.5) is 0 Å². The Morgan fingerprint density at radius 2 is 2.16 bits per heavy atom. The number of ether oxygens (including phenoxy) is 2. The first-order valence-electron chi connectivity index (χ1n) is 6.00. The number of aliphatic hydroxyl groups is 3. The molecular weight excluding hydrogens is 252 g/mol. The average Bonchev–Trinajstić information content (AvgIpc) is 2.45. The Morgan fingerprint density at radius 1 is 1.37 bits per heavy atom. The van der Waals surface area contributed by atoms with Gasteiger partial charge in [0.05, 0.1) is 6.61 Å². The topological polar surface area (TPSA) is 107 Å². The Balaban J connectivity index is 2.27. The molecule has 1 aromatic heterocycles. The number of methoxy groups -OCH3 is 1. The number of aliphatic hydroxyl groups excluding tert-OH is 3. The molecule has 0 bridgehead atoms. The zero-order valence-corrected chi connectivity index (χ0v) is 10.5. The van der Waals surface area contributed by atoms with E-state index in [9.17, 15) is 10.2 Å². The van der Waals surface area contributed by atoms with Crippen molar-refractivity contribution in [3.8, 4) is 0 Å². The number of aromatic amines is 1. The van der Waals surface area contributed by atoms with Crippen LogP contribution in [0.15, 0.2) is 29.4 Å². The van der Waals surface area contributed by atoms with Crippen molar-refractivity contribution in [2.45, 2.75) is 30.6 Å². The summed E-state index contributed by atoms with van der Waals surface area (Å²) in [4.78, 5) is 7.17. The Labute approximate surface area is 110 Å². The molecule has 7 heteroatoms. The first-order valence-corrected chi connectivity index (χ1v) is 6.00. The smallest absolute Gasteiger partial charge is 0.182 e. The Bertz CT molecular complexity index is 444. The number of aromatic nitrogens is 1. The molecule has 106 valence electrons. The fraction of sp³-hybridized carbons (Fsp3) is 0.583. The summed E-state index contributed by atoms with van der Waals surface area (Å²) in [7, 11) is 1.42. The van der Waals surface area contributed by atoms with Gasteiger partial charge in [0.2, 0.25) is 0 Å². The van der Waals surface area contributed by atoms with E-state index in [1.165, 1.54) is 7.11 Å². The summed E-state index contributed by atoms with van der Waals surface area (Å²) in [6.45, 7) is -0.401. The summed E-state index contributed by atoms with van der Waals surface area (Å²) in [5, 5.41) is 29.0. The van der Waals surface area contributed by atoms with Crippen molar-refractivity contribution in [2.75, 3.05) is 13.7 Å². The van der Waals surface area contributed by atoms with Gasteiger partial charge in [0.1, 0.15) is 29.8 Å². The molecule has 19 heavy (non-hydrogen) atoms. The minimum absolute atomic E-state index is 0.401. The molecular formula is C12H18N2O5. The second-order valence-electron chi connectivity index (χ2n) is 4.31. The highest BCUT2D eigenvalue weighted by Gasteiger charge is 2.44. The second kappa shape index (κ2) is 6.27. The van der Waals surface area contributed by atoms with Crippen LogP contribution < -0.4 is 5.49 Å². The Kier molecular flexibility index (Phi) is 4.67. The molecule has 7 nitrogen and oxygen atoms in total. The van der Waals surface area contributed by atoms with Gasteiger partial charge in [-0.15, -0.1) is 0 Å². The second-order valence-corrected chi connectivity index (χ2v) is 4.31. The Hall–Kier alpha value is -1.25. The lowest BCUT2D eigenvalue weighted by atomic mass is 9.97. The highest BCUT2D eigenvalue weighted by atomic mass is 16.7. The number of pyridine rings is 1. The lowest BCUT2D eigenvalue weighted by Crippen LogP contribution is -2.58. The van der Waals surface area contributed by atoms with Crippen LogP contribution in [-0.2, 0) is 9.47 Å².